The Morgan fingerprint density at radius 3 is 2.47 bits per heavy atom. The van der Waals surface area contributed by atoms with Gasteiger partial charge in [0.1, 0.15) is 17.2 Å². The quantitative estimate of drug-likeness (QED) is 0.455. The molecule has 0 aliphatic carbocycles. The van der Waals surface area contributed by atoms with Crippen LogP contribution in [0.25, 0.3) is 0 Å². The fourth-order valence-electron chi connectivity index (χ4n) is 3.70. The molecule has 0 radical (unpaired) electrons. The highest BCUT2D eigenvalue weighted by Crippen LogP contribution is 2.35. The molecule has 1 aliphatic rings. The molecule has 0 fully saturated rings. The molecule has 1 N–H and O–H groups in total. The molecular formula is C27H26N2O7. The number of nitrogens with one attached hydrogen (secondary N) is 1. The minimum Gasteiger partial charge on any atom is -0.494 e. The second kappa shape index (κ2) is 11.3. The van der Waals surface area contributed by atoms with Crippen LogP contribution in [0.2, 0.25) is 0 Å². The van der Waals surface area contributed by atoms with Crippen molar-refractivity contribution in [1.29, 1.82) is 0 Å². The molecule has 0 saturated heterocycles. The molecule has 0 aromatic heterocycles. The Labute approximate surface area is 208 Å². The lowest BCUT2D eigenvalue weighted by atomic mass is 10.1. The zero-order valence-electron chi connectivity index (χ0n) is 20.0. The van der Waals surface area contributed by atoms with Crippen molar-refractivity contribution in [3.05, 3.63) is 77.9 Å². The van der Waals surface area contributed by atoms with Gasteiger partial charge in [-0.15, -0.1) is 0 Å². The first-order chi connectivity index (χ1) is 17.5. The molecule has 1 heterocycles. The maximum absolute atomic E-state index is 12.7. The number of amides is 2. The summed E-state index contributed by atoms with van der Waals surface area (Å²) in [4.78, 5) is 38.6. The van der Waals surface area contributed by atoms with E-state index in [9.17, 15) is 14.4 Å². The Morgan fingerprint density at radius 1 is 1.00 bits per heavy atom. The van der Waals surface area contributed by atoms with Crippen molar-refractivity contribution in [2.45, 2.75) is 13.5 Å². The van der Waals surface area contributed by atoms with Crippen LogP contribution in [-0.2, 0) is 20.9 Å². The van der Waals surface area contributed by atoms with Crippen molar-refractivity contribution >= 4 is 29.2 Å². The molecule has 0 saturated carbocycles. The van der Waals surface area contributed by atoms with Crippen molar-refractivity contribution < 1.29 is 33.3 Å². The van der Waals surface area contributed by atoms with Gasteiger partial charge in [0.25, 0.3) is 11.8 Å². The molecule has 0 bridgehead atoms. The average Bonchev–Trinajstić information content (AvgIpc) is 2.90. The minimum atomic E-state index is -0.456. The van der Waals surface area contributed by atoms with E-state index in [4.69, 9.17) is 18.9 Å². The van der Waals surface area contributed by atoms with Crippen molar-refractivity contribution in [3.63, 3.8) is 0 Å². The van der Waals surface area contributed by atoms with Crippen LogP contribution >= 0.6 is 0 Å². The van der Waals surface area contributed by atoms with E-state index in [1.54, 1.807) is 65.6 Å². The molecule has 3 aromatic carbocycles. The number of hydrogen-bond donors (Lipinski definition) is 1. The second-order valence-electron chi connectivity index (χ2n) is 7.88. The number of benzene rings is 3. The number of esters is 1. The summed E-state index contributed by atoms with van der Waals surface area (Å²) in [6, 6.07) is 18.9. The molecule has 0 unspecified atom stereocenters. The van der Waals surface area contributed by atoms with Gasteiger partial charge in [-0.3, -0.25) is 9.59 Å². The zero-order valence-corrected chi connectivity index (χ0v) is 20.0. The average molecular weight is 491 g/mol. The summed E-state index contributed by atoms with van der Waals surface area (Å²) in [6.45, 7) is 2.39. The Hall–Kier alpha value is -4.53. The van der Waals surface area contributed by atoms with Gasteiger partial charge in [0.2, 0.25) is 0 Å². The number of ether oxygens (including phenoxy) is 4. The number of nitrogens with zero attached hydrogens (tertiary/aromatic N) is 1. The maximum atomic E-state index is 12.7. The van der Waals surface area contributed by atoms with Crippen molar-refractivity contribution in [2.24, 2.45) is 0 Å². The summed E-state index contributed by atoms with van der Waals surface area (Å²) in [7, 11) is 1.32. The lowest BCUT2D eigenvalue weighted by Gasteiger charge is -2.30. The molecule has 9 heteroatoms. The maximum Gasteiger partial charge on any atom is 0.337 e. The Balaban J connectivity index is 1.44. The molecule has 3 aromatic rings. The summed E-state index contributed by atoms with van der Waals surface area (Å²) in [6.07, 6.45) is 0. The number of carbonyl (C=O) groups excluding carboxylic acids is 3. The fraction of sp³-hybridized carbons (Fsp3) is 0.222. The Morgan fingerprint density at radius 2 is 1.75 bits per heavy atom. The SMILES string of the molecule is CCOc1ccc(OCC(=O)Nc2ccc3c(c2)N(Cc2cccc(C(=O)OC)c2)C(=O)CO3)cc1. The van der Waals surface area contributed by atoms with E-state index in [2.05, 4.69) is 5.32 Å². The number of carbonyl (C=O) groups is 3. The summed E-state index contributed by atoms with van der Waals surface area (Å²) < 4.78 is 21.3. The highest BCUT2D eigenvalue weighted by Gasteiger charge is 2.26. The third-order valence-electron chi connectivity index (χ3n) is 5.38. The first-order valence-corrected chi connectivity index (χ1v) is 11.4. The normalized spacial score (nSPS) is 12.3. The molecule has 186 valence electrons. The fourth-order valence-corrected chi connectivity index (χ4v) is 3.70. The van der Waals surface area contributed by atoms with Gasteiger partial charge in [0.15, 0.2) is 13.2 Å². The molecule has 4 rings (SSSR count). The molecule has 1 aliphatic heterocycles. The monoisotopic (exact) mass is 490 g/mol. The summed E-state index contributed by atoms with van der Waals surface area (Å²) >= 11 is 0. The van der Waals surface area contributed by atoms with Gasteiger partial charge in [-0.2, -0.15) is 0 Å². The van der Waals surface area contributed by atoms with E-state index >= 15 is 0 Å². The van der Waals surface area contributed by atoms with Crippen LogP contribution in [0.1, 0.15) is 22.8 Å². The molecule has 2 amide bonds. The van der Waals surface area contributed by atoms with Crippen molar-refractivity contribution in [3.8, 4) is 17.2 Å². The number of hydrogen-bond acceptors (Lipinski definition) is 7. The lowest BCUT2D eigenvalue weighted by Crippen LogP contribution is -2.38. The van der Waals surface area contributed by atoms with Gasteiger partial charge in [0, 0.05) is 5.69 Å². The van der Waals surface area contributed by atoms with Gasteiger partial charge < -0.3 is 29.2 Å². The highest BCUT2D eigenvalue weighted by atomic mass is 16.5. The van der Waals surface area contributed by atoms with Crippen molar-refractivity contribution in [1.82, 2.24) is 0 Å². The van der Waals surface area contributed by atoms with Crippen LogP contribution < -0.4 is 24.4 Å². The molecular weight excluding hydrogens is 464 g/mol. The number of anilines is 2. The summed E-state index contributed by atoms with van der Waals surface area (Å²) in [5.74, 6) is 0.725. The molecule has 36 heavy (non-hydrogen) atoms. The predicted molar refractivity (Wildman–Crippen MR) is 133 cm³/mol. The van der Waals surface area contributed by atoms with E-state index in [0.29, 0.717) is 35.0 Å². The van der Waals surface area contributed by atoms with E-state index < -0.39 is 5.97 Å². The van der Waals surface area contributed by atoms with Crippen molar-refractivity contribution in [2.75, 3.05) is 37.1 Å². The first-order valence-electron chi connectivity index (χ1n) is 11.4. The van der Waals surface area contributed by atoms with E-state index in [1.807, 2.05) is 13.0 Å². The standard InChI is InChI=1S/C27H26N2O7/c1-3-34-21-8-10-22(11-9-21)35-16-25(30)28-20-7-12-24-23(14-20)29(26(31)17-36-24)15-18-5-4-6-19(13-18)27(32)33-2/h4-14H,3,15-17H2,1-2H3,(H,28,30). The van der Waals surface area contributed by atoms with Crippen LogP contribution in [-0.4, -0.2) is 44.7 Å². The Bertz CT molecular complexity index is 1260. The smallest absolute Gasteiger partial charge is 0.337 e. The Kier molecular flexibility index (Phi) is 7.69. The van der Waals surface area contributed by atoms with Gasteiger partial charge in [-0.25, -0.2) is 4.79 Å². The molecule has 0 spiro atoms. The zero-order chi connectivity index (χ0) is 25.5. The number of fused-ring (bicyclic) bond motifs is 1. The van der Waals surface area contributed by atoms with Crippen LogP contribution in [0.4, 0.5) is 11.4 Å². The summed E-state index contributed by atoms with van der Waals surface area (Å²) in [5, 5.41) is 2.78. The van der Waals surface area contributed by atoms with Gasteiger partial charge >= 0.3 is 5.97 Å². The highest BCUT2D eigenvalue weighted by molar-refractivity contribution is 5.99. The largest absolute Gasteiger partial charge is 0.494 e. The molecule has 0 atom stereocenters. The van der Waals surface area contributed by atoms with Gasteiger partial charge in [-0.05, 0) is 67.1 Å². The molecule has 9 nitrogen and oxygen atoms in total. The van der Waals surface area contributed by atoms with Gasteiger partial charge in [-0.1, -0.05) is 12.1 Å². The lowest BCUT2D eigenvalue weighted by molar-refractivity contribution is -0.121. The third kappa shape index (κ3) is 5.93. The minimum absolute atomic E-state index is 0.106. The predicted octanol–water partition coefficient (Wildman–Crippen LogP) is 3.82. The van der Waals surface area contributed by atoms with E-state index in [0.717, 1.165) is 11.3 Å². The van der Waals surface area contributed by atoms with Crippen LogP contribution in [0.5, 0.6) is 17.2 Å². The van der Waals surface area contributed by atoms with Crippen LogP contribution in [0.15, 0.2) is 66.7 Å². The number of rotatable bonds is 9. The third-order valence-corrected chi connectivity index (χ3v) is 5.38. The van der Waals surface area contributed by atoms with E-state index in [1.165, 1.54) is 7.11 Å². The first kappa shape index (κ1) is 24.6. The number of methoxy groups -OCH3 is 1. The van der Waals surface area contributed by atoms with Crippen LogP contribution in [0.3, 0.4) is 0 Å². The van der Waals surface area contributed by atoms with Gasteiger partial charge in [0.05, 0.1) is 31.5 Å². The van der Waals surface area contributed by atoms with Crippen LogP contribution in [0, 0.1) is 0 Å². The topological polar surface area (TPSA) is 103 Å². The van der Waals surface area contributed by atoms with E-state index in [-0.39, 0.29) is 31.6 Å². The summed E-state index contributed by atoms with van der Waals surface area (Å²) in [5.41, 5.74) is 2.14. The second-order valence-corrected chi connectivity index (χ2v) is 7.88.